The lowest BCUT2D eigenvalue weighted by Crippen LogP contribution is -2.51. The molecule has 0 radical (unpaired) electrons. The Hall–Kier alpha value is -2.12. The van der Waals surface area contributed by atoms with Gasteiger partial charge in [0.1, 0.15) is 23.7 Å². The van der Waals surface area contributed by atoms with Crippen molar-refractivity contribution in [3.8, 4) is 11.5 Å². The van der Waals surface area contributed by atoms with Crippen LogP contribution in [0.2, 0.25) is 0 Å². The molecule has 4 N–H and O–H groups in total. The van der Waals surface area contributed by atoms with Crippen LogP contribution in [0.25, 0.3) is 0 Å². The van der Waals surface area contributed by atoms with Gasteiger partial charge in [0.05, 0.1) is 14.2 Å². The lowest BCUT2D eigenvalue weighted by Gasteiger charge is -2.28. The Morgan fingerprint density at radius 2 is 1.17 bits per heavy atom. The lowest BCUT2D eigenvalue weighted by atomic mass is 9.92. The van der Waals surface area contributed by atoms with Crippen LogP contribution in [0.5, 0.6) is 11.5 Å². The highest BCUT2D eigenvalue weighted by atomic mass is 16.8. The average Bonchev–Trinajstić information content (AvgIpc) is 3.04. The van der Waals surface area contributed by atoms with Crippen molar-refractivity contribution in [1.82, 2.24) is 0 Å². The zero-order chi connectivity index (χ0) is 21.0. The molecule has 0 aromatic heterocycles. The number of rotatable bonds is 8. The topological polar surface area (TPSA) is 89.0 Å². The number of nitrogens with two attached hydrogens (primary N) is 2. The first-order valence-corrected chi connectivity index (χ1v) is 9.95. The van der Waals surface area contributed by atoms with Gasteiger partial charge in [-0.25, -0.2) is 0 Å². The Morgan fingerprint density at radius 3 is 1.55 bits per heavy atom. The summed E-state index contributed by atoms with van der Waals surface area (Å²) in [5.74, 6) is 0.888. The van der Waals surface area contributed by atoms with Gasteiger partial charge < -0.3 is 30.4 Å². The van der Waals surface area contributed by atoms with E-state index in [2.05, 4.69) is 0 Å². The summed E-state index contributed by atoms with van der Waals surface area (Å²) < 4.78 is 23.3. The molecule has 158 valence electrons. The predicted octanol–water partition coefficient (Wildman–Crippen LogP) is 2.66. The molecule has 0 spiro atoms. The average molecular weight is 401 g/mol. The quantitative estimate of drug-likeness (QED) is 0.708. The van der Waals surface area contributed by atoms with Gasteiger partial charge in [-0.15, -0.1) is 0 Å². The molecule has 0 bridgehead atoms. The molecular formula is C23H32N2O4. The third kappa shape index (κ3) is 5.08. The molecule has 0 aliphatic carbocycles. The van der Waals surface area contributed by atoms with E-state index >= 15 is 0 Å². The van der Waals surface area contributed by atoms with Crippen molar-refractivity contribution in [1.29, 1.82) is 0 Å². The van der Waals surface area contributed by atoms with Crippen molar-refractivity contribution in [3.05, 3.63) is 59.7 Å². The van der Waals surface area contributed by atoms with Crippen molar-refractivity contribution in [2.45, 2.75) is 56.8 Å². The first-order chi connectivity index (χ1) is 13.8. The molecule has 0 unspecified atom stereocenters. The van der Waals surface area contributed by atoms with Gasteiger partial charge in [-0.1, -0.05) is 36.4 Å². The van der Waals surface area contributed by atoms with Crippen molar-refractivity contribution in [2.75, 3.05) is 14.2 Å². The summed E-state index contributed by atoms with van der Waals surface area (Å²) in [6.07, 6.45) is 0.539. The second kappa shape index (κ2) is 9.13. The van der Waals surface area contributed by atoms with Gasteiger partial charge in [-0.05, 0) is 49.9 Å². The van der Waals surface area contributed by atoms with E-state index in [0.717, 1.165) is 22.6 Å². The minimum atomic E-state index is -0.744. The number of hydrogen-bond acceptors (Lipinski definition) is 6. The van der Waals surface area contributed by atoms with E-state index in [1.165, 1.54) is 0 Å². The molecule has 2 aromatic rings. The highest BCUT2D eigenvalue weighted by molar-refractivity contribution is 5.35. The molecule has 1 saturated heterocycles. The van der Waals surface area contributed by atoms with Crippen LogP contribution in [-0.2, 0) is 22.3 Å². The van der Waals surface area contributed by atoms with Crippen molar-refractivity contribution >= 4 is 0 Å². The second-order valence-corrected chi connectivity index (χ2v) is 7.92. The summed E-state index contributed by atoms with van der Waals surface area (Å²) >= 11 is 0. The fourth-order valence-corrected chi connectivity index (χ4v) is 3.96. The maximum Gasteiger partial charge on any atom is 0.163 e. The maximum atomic E-state index is 6.59. The molecular weight excluding hydrogens is 368 g/mol. The number of benzene rings is 2. The van der Waals surface area contributed by atoms with Crippen LogP contribution in [0.3, 0.4) is 0 Å². The summed E-state index contributed by atoms with van der Waals surface area (Å²) in [5.41, 5.74) is 15.3. The van der Waals surface area contributed by atoms with E-state index in [0.29, 0.717) is 12.8 Å². The summed E-state index contributed by atoms with van der Waals surface area (Å²) in [6, 6.07) is 15.2. The minimum Gasteiger partial charge on any atom is -0.496 e. The Balaban J connectivity index is 1.77. The van der Waals surface area contributed by atoms with Crippen LogP contribution in [0.15, 0.2) is 48.5 Å². The summed E-state index contributed by atoms with van der Waals surface area (Å²) in [7, 11) is 3.32. The van der Waals surface area contributed by atoms with Gasteiger partial charge >= 0.3 is 0 Å². The zero-order valence-electron chi connectivity index (χ0n) is 17.6. The SMILES string of the molecule is COc1ccccc1C[C@@H](N)[C@@H]1OC(C)(C)O[C@H]1[C@H](N)Cc1ccccc1OC. The third-order valence-electron chi connectivity index (χ3n) is 5.30. The summed E-state index contributed by atoms with van der Waals surface area (Å²) in [4.78, 5) is 0. The van der Waals surface area contributed by atoms with Crippen molar-refractivity contribution < 1.29 is 18.9 Å². The number of methoxy groups -OCH3 is 2. The van der Waals surface area contributed by atoms with E-state index in [1.807, 2.05) is 62.4 Å². The first kappa shape index (κ1) is 21.6. The zero-order valence-corrected chi connectivity index (χ0v) is 17.6. The number of hydrogen-bond donors (Lipinski definition) is 2. The molecule has 6 heteroatoms. The van der Waals surface area contributed by atoms with E-state index in [-0.39, 0.29) is 24.3 Å². The normalized spacial score (nSPS) is 22.8. The van der Waals surface area contributed by atoms with Crippen LogP contribution in [-0.4, -0.2) is 44.3 Å². The van der Waals surface area contributed by atoms with E-state index < -0.39 is 5.79 Å². The molecule has 4 atom stereocenters. The summed E-state index contributed by atoms with van der Waals surface area (Å²) in [5, 5.41) is 0. The largest absolute Gasteiger partial charge is 0.496 e. The fourth-order valence-electron chi connectivity index (χ4n) is 3.96. The molecule has 29 heavy (non-hydrogen) atoms. The third-order valence-corrected chi connectivity index (χ3v) is 5.30. The molecule has 1 aliphatic heterocycles. The Morgan fingerprint density at radius 1 is 0.793 bits per heavy atom. The standard InChI is InChI=1S/C23H32N2O4/c1-23(2)28-21(17(24)13-15-9-5-7-11-19(15)26-3)22(29-23)18(25)14-16-10-6-8-12-20(16)27-4/h5-12,17-18,21-22H,13-14,24-25H2,1-4H3/t17-,18-,21+,22+/m1/s1. The van der Waals surface area contributed by atoms with Crippen molar-refractivity contribution in [2.24, 2.45) is 11.5 Å². The van der Waals surface area contributed by atoms with Gasteiger partial charge in [0.2, 0.25) is 0 Å². The van der Waals surface area contributed by atoms with Gasteiger partial charge in [0.15, 0.2) is 5.79 Å². The number of para-hydroxylation sites is 2. The Bertz CT molecular complexity index is 745. The molecule has 3 rings (SSSR count). The first-order valence-electron chi connectivity index (χ1n) is 9.95. The molecule has 2 aromatic carbocycles. The molecule has 0 saturated carbocycles. The second-order valence-electron chi connectivity index (χ2n) is 7.92. The summed E-state index contributed by atoms with van der Waals surface area (Å²) in [6.45, 7) is 3.79. The monoisotopic (exact) mass is 400 g/mol. The Labute approximate surface area is 173 Å². The molecule has 1 fully saturated rings. The minimum absolute atomic E-state index is 0.290. The van der Waals surface area contributed by atoms with Crippen LogP contribution in [0, 0.1) is 0 Å². The molecule has 6 nitrogen and oxygen atoms in total. The van der Waals surface area contributed by atoms with E-state index in [4.69, 9.17) is 30.4 Å². The lowest BCUT2D eigenvalue weighted by molar-refractivity contribution is -0.149. The van der Waals surface area contributed by atoms with Crippen LogP contribution in [0.4, 0.5) is 0 Å². The van der Waals surface area contributed by atoms with Crippen molar-refractivity contribution in [3.63, 3.8) is 0 Å². The van der Waals surface area contributed by atoms with Gasteiger partial charge in [-0.2, -0.15) is 0 Å². The van der Waals surface area contributed by atoms with E-state index in [1.54, 1.807) is 14.2 Å². The van der Waals surface area contributed by atoms with Crippen LogP contribution < -0.4 is 20.9 Å². The van der Waals surface area contributed by atoms with E-state index in [9.17, 15) is 0 Å². The van der Waals surface area contributed by atoms with Gasteiger partial charge in [0.25, 0.3) is 0 Å². The molecule has 0 amide bonds. The highest BCUT2D eigenvalue weighted by Gasteiger charge is 2.46. The molecule has 1 heterocycles. The Kier molecular flexibility index (Phi) is 6.80. The smallest absolute Gasteiger partial charge is 0.163 e. The van der Waals surface area contributed by atoms with Gasteiger partial charge in [0, 0.05) is 12.1 Å². The molecule has 1 aliphatic rings. The van der Waals surface area contributed by atoms with Crippen LogP contribution in [0.1, 0.15) is 25.0 Å². The number of ether oxygens (including phenoxy) is 4. The predicted molar refractivity (Wildman–Crippen MR) is 113 cm³/mol. The fraction of sp³-hybridized carbons (Fsp3) is 0.478. The highest BCUT2D eigenvalue weighted by Crippen LogP contribution is 2.34. The van der Waals surface area contributed by atoms with Gasteiger partial charge in [-0.3, -0.25) is 0 Å². The van der Waals surface area contributed by atoms with Crippen LogP contribution >= 0.6 is 0 Å². The maximum absolute atomic E-state index is 6.59.